The number of Topliss-reactive ketones (excluding diaryl/α,β-unsaturated/α-hetero) is 1. The van der Waals surface area contributed by atoms with Crippen molar-refractivity contribution in [3.8, 4) is 0 Å². The zero-order valence-corrected chi connectivity index (χ0v) is 14.5. The summed E-state index contributed by atoms with van der Waals surface area (Å²) in [5.74, 6) is -5.11. The molecule has 0 aromatic heterocycles. The lowest BCUT2D eigenvalue weighted by molar-refractivity contribution is -0.130. The molecule has 0 aliphatic rings. The number of benzene rings is 2. The van der Waals surface area contributed by atoms with Gasteiger partial charge in [-0.25, -0.2) is 9.18 Å². The number of aromatic carboxylic acids is 1. The number of hydrogen-bond donors (Lipinski definition) is 2. The van der Waals surface area contributed by atoms with E-state index in [0.717, 1.165) is 11.6 Å². The highest BCUT2D eigenvalue weighted by molar-refractivity contribution is 6.08. The minimum absolute atomic E-state index is 0.148. The first-order chi connectivity index (χ1) is 12.4. The molecule has 0 spiro atoms. The zero-order valence-electron chi connectivity index (χ0n) is 14.5. The molecule has 26 heavy (non-hydrogen) atoms. The van der Waals surface area contributed by atoms with Crippen molar-refractivity contribution in [1.29, 1.82) is 0 Å². The van der Waals surface area contributed by atoms with Crippen LogP contribution < -0.4 is 5.32 Å². The second-order valence-electron chi connectivity index (χ2n) is 5.93. The highest BCUT2D eigenvalue weighted by atomic mass is 19.1. The molecule has 0 bridgehead atoms. The van der Waals surface area contributed by atoms with Gasteiger partial charge < -0.3 is 10.4 Å². The minimum atomic E-state index is -1.52. The average molecular weight is 357 g/mol. The molecular weight excluding hydrogens is 337 g/mol. The van der Waals surface area contributed by atoms with Gasteiger partial charge in [0.25, 0.3) is 0 Å². The van der Waals surface area contributed by atoms with Crippen molar-refractivity contribution < 1.29 is 23.9 Å². The molecule has 2 rings (SSSR count). The molecule has 0 saturated heterocycles. The Labute approximate surface area is 150 Å². The van der Waals surface area contributed by atoms with Gasteiger partial charge in [-0.05, 0) is 30.5 Å². The Morgan fingerprint density at radius 3 is 2.27 bits per heavy atom. The summed E-state index contributed by atoms with van der Waals surface area (Å²) in [6.45, 7) is 3.07. The van der Waals surface area contributed by atoms with Crippen molar-refractivity contribution >= 4 is 17.7 Å². The molecule has 0 fully saturated rings. The summed E-state index contributed by atoms with van der Waals surface area (Å²) in [4.78, 5) is 36.3. The van der Waals surface area contributed by atoms with Crippen LogP contribution in [0.4, 0.5) is 4.39 Å². The van der Waals surface area contributed by atoms with Gasteiger partial charge in [0.1, 0.15) is 17.5 Å². The lowest BCUT2D eigenvalue weighted by Crippen LogP contribution is -2.36. The molecule has 2 N–H and O–H groups in total. The maximum atomic E-state index is 14.0. The first-order valence-electron chi connectivity index (χ1n) is 8.24. The second-order valence-corrected chi connectivity index (χ2v) is 5.93. The summed E-state index contributed by atoms with van der Waals surface area (Å²) in [6, 6.07) is 12.4. The van der Waals surface area contributed by atoms with Gasteiger partial charge in [-0.1, -0.05) is 49.4 Å². The van der Waals surface area contributed by atoms with E-state index in [1.165, 1.54) is 19.1 Å². The third-order valence-corrected chi connectivity index (χ3v) is 4.17. The fourth-order valence-corrected chi connectivity index (χ4v) is 2.91. The molecule has 136 valence electrons. The van der Waals surface area contributed by atoms with Gasteiger partial charge in [0.15, 0.2) is 0 Å². The minimum Gasteiger partial charge on any atom is -0.478 e. The third-order valence-electron chi connectivity index (χ3n) is 4.17. The lowest BCUT2D eigenvalue weighted by atomic mass is 9.89. The Balaban J connectivity index is 2.39. The molecule has 2 aromatic rings. The molecule has 0 saturated carbocycles. The van der Waals surface area contributed by atoms with E-state index in [0.29, 0.717) is 6.42 Å². The van der Waals surface area contributed by atoms with Crippen molar-refractivity contribution in [3.05, 3.63) is 71.0 Å². The van der Waals surface area contributed by atoms with Crippen LogP contribution in [0.1, 0.15) is 53.7 Å². The smallest absolute Gasteiger partial charge is 0.339 e. The van der Waals surface area contributed by atoms with Gasteiger partial charge in [-0.2, -0.15) is 0 Å². The second kappa shape index (κ2) is 8.38. The maximum Gasteiger partial charge on any atom is 0.339 e. The van der Waals surface area contributed by atoms with Crippen molar-refractivity contribution in [2.45, 2.75) is 32.2 Å². The van der Waals surface area contributed by atoms with Crippen LogP contribution in [0.15, 0.2) is 48.5 Å². The lowest BCUT2D eigenvalue weighted by Gasteiger charge is -2.22. The van der Waals surface area contributed by atoms with Crippen LogP contribution in [0.25, 0.3) is 0 Å². The van der Waals surface area contributed by atoms with Crippen molar-refractivity contribution in [2.24, 2.45) is 0 Å². The Morgan fingerprint density at radius 2 is 1.73 bits per heavy atom. The van der Waals surface area contributed by atoms with E-state index in [9.17, 15) is 23.9 Å². The molecule has 0 aliphatic heterocycles. The van der Waals surface area contributed by atoms with Gasteiger partial charge in [0.2, 0.25) is 5.91 Å². The number of carbonyl (C=O) groups excluding carboxylic acids is 2. The van der Waals surface area contributed by atoms with E-state index in [2.05, 4.69) is 5.32 Å². The van der Waals surface area contributed by atoms with Gasteiger partial charge in [0.05, 0.1) is 11.6 Å². The van der Waals surface area contributed by atoms with Crippen molar-refractivity contribution in [1.82, 2.24) is 5.32 Å². The quantitative estimate of drug-likeness (QED) is 0.743. The van der Waals surface area contributed by atoms with Crippen LogP contribution in [-0.4, -0.2) is 22.8 Å². The molecule has 0 aliphatic carbocycles. The van der Waals surface area contributed by atoms with Crippen LogP contribution in [0.3, 0.4) is 0 Å². The number of rotatable bonds is 7. The van der Waals surface area contributed by atoms with Crippen LogP contribution in [0, 0.1) is 5.82 Å². The molecular formula is C20H20FNO4. The standard InChI is InChI=1S/C20H20FNO4/c1-3-16(13-8-5-4-6-9-13)22-19(24)17(12(2)23)14-10-7-11-15(21)18(14)20(25)26/h4-11,16-17H,3H2,1-2H3,(H,22,24)(H,25,26). The number of carbonyl (C=O) groups is 3. The molecule has 2 atom stereocenters. The number of nitrogens with one attached hydrogen (secondary N) is 1. The van der Waals surface area contributed by atoms with E-state index in [-0.39, 0.29) is 11.6 Å². The number of hydrogen-bond acceptors (Lipinski definition) is 3. The van der Waals surface area contributed by atoms with Crippen molar-refractivity contribution in [2.75, 3.05) is 0 Å². The largest absolute Gasteiger partial charge is 0.478 e. The summed E-state index contributed by atoms with van der Waals surface area (Å²) < 4.78 is 14.0. The third kappa shape index (κ3) is 4.14. The first-order valence-corrected chi connectivity index (χ1v) is 8.24. The number of ketones is 1. The highest BCUT2D eigenvalue weighted by Gasteiger charge is 2.32. The van der Waals surface area contributed by atoms with E-state index < -0.39 is 35.0 Å². The summed E-state index contributed by atoms with van der Waals surface area (Å²) >= 11 is 0. The maximum absolute atomic E-state index is 14.0. The SMILES string of the molecule is CCC(NC(=O)C(C(C)=O)c1cccc(F)c1C(=O)O)c1ccccc1. The Morgan fingerprint density at radius 1 is 1.08 bits per heavy atom. The molecule has 6 heteroatoms. The van der Waals surface area contributed by atoms with E-state index in [4.69, 9.17) is 0 Å². The Kier molecular flexibility index (Phi) is 6.22. The topological polar surface area (TPSA) is 83.5 Å². The van der Waals surface area contributed by atoms with Gasteiger partial charge in [0, 0.05) is 0 Å². The number of amides is 1. The Bertz CT molecular complexity index is 820. The van der Waals surface area contributed by atoms with Crippen LogP contribution in [0.5, 0.6) is 0 Å². The predicted molar refractivity (Wildman–Crippen MR) is 94.4 cm³/mol. The summed E-state index contributed by atoms with van der Waals surface area (Å²) in [5, 5.41) is 12.1. The highest BCUT2D eigenvalue weighted by Crippen LogP contribution is 2.26. The molecule has 5 nitrogen and oxygen atoms in total. The summed E-state index contributed by atoms with van der Waals surface area (Å²) in [5.41, 5.74) is 0.0596. The molecule has 2 unspecified atom stereocenters. The first kappa shape index (κ1) is 19.3. The molecule has 0 heterocycles. The summed E-state index contributed by atoms with van der Waals surface area (Å²) in [6.07, 6.45) is 0.579. The fraction of sp³-hybridized carbons (Fsp3) is 0.250. The fourth-order valence-electron chi connectivity index (χ4n) is 2.91. The molecule has 1 amide bonds. The number of halogens is 1. The Hall–Kier alpha value is -3.02. The molecule has 2 aromatic carbocycles. The monoisotopic (exact) mass is 357 g/mol. The van der Waals surface area contributed by atoms with E-state index in [1.807, 2.05) is 37.3 Å². The zero-order chi connectivity index (χ0) is 19.3. The van der Waals surface area contributed by atoms with Gasteiger partial charge in [-0.3, -0.25) is 9.59 Å². The van der Waals surface area contributed by atoms with E-state index >= 15 is 0 Å². The normalized spacial score (nSPS) is 12.9. The average Bonchev–Trinajstić information content (AvgIpc) is 2.60. The van der Waals surface area contributed by atoms with Crippen LogP contribution in [0.2, 0.25) is 0 Å². The van der Waals surface area contributed by atoms with Gasteiger partial charge >= 0.3 is 5.97 Å². The molecule has 0 radical (unpaired) electrons. The van der Waals surface area contributed by atoms with E-state index in [1.54, 1.807) is 0 Å². The van der Waals surface area contributed by atoms with Crippen LogP contribution in [-0.2, 0) is 9.59 Å². The van der Waals surface area contributed by atoms with Crippen molar-refractivity contribution in [3.63, 3.8) is 0 Å². The van der Waals surface area contributed by atoms with Crippen LogP contribution >= 0.6 is 0 Å². The summed E-state index contributed by atoms with van der Waals surface area (Å²) in [7, 11) is 0. The van der Waals surface area contributed by atoms with Gasteiger partial charge in [-0.15, -0.1) is 0 Å². The predicted octanol–water partition coefficient (Wildman–Crippen LogP) is 3.46. The number of carboxylic acids is 1. The number of carboxylic acid groups (broad SMARTS) is 1.